The van der Waals surface area contributed by atoms with Crippen molar-refractivity contribution in [3.8, 4) is 0 Å². The number of aliphatic carboxylic acids is 1. The van der Waals surface area contributed by atoms with Crippen LogP contribution >= 0.6 is 0 Å². The molecular formula is C15H27N3O3. The number of amides is 2. The summed E-state index contributed by atoms with van der Waals surface area (Å²) in [5.74, 6) is -0.490. The van der Waals surface area contributed by atoms with Gasteiger partial charge in [0.2, 0.25) is 0 Å². The van der Waals surface area contributed by atoms with Crippen LogP contribution in [0.25, 0.3) is 0 Å². The fraction of sp³-hybridized carbons (Fsp3) is 0.867. The van der Waals surface area contributed by atoms with Gasteiger partial charge in [0.15, 0.2) is 0 Å². The van der Waals surface area contributed by atoms with Gasteiger partial charge in [-0.15, -0.1) is 0 Å². The van der Waals surface area contributed by atoms with Gasteiger partial charge in [0, 0.05) is 18.6 Å². The highest BCUT2D eigenvalue weighted by Gasteiger charge is 2.29. The zero-order chi connectivity index (χ0) is 15.4. The number of rotatable bonds is 3. The first-order valence-corrected chi connectivity index (χ1v) is 7.94. The number of hydrogen-bond donors (Lipinski definition) is 3. The lowest BCUT2D eigenvalue weighted by atomic mass is 9.86. The number of carboxylic acid groups (broad SMARTS) is 1. The number of piperidine rings is 1. The molecule has 1 aliphatic heterocycles. The maximum atomic E-state index is 12.1. The fourth-order valence-electron chi connectivity index (χ4n) is 3.45. The van der Waals surface area contributed by atoms with Gasteiger partial charge in [-0.1, -0.05) is 6.92 Å². The van der Waals surface area contributed by atoms with Crippen molar-refractivity contribution in [1.82, 2.24) is 15.5 Å². The smallest absolute Gasteiger partial charge is 0.315 e. The number of carboxylic acids is 1. The van der Waals surface area contributed by atoms with Crippen LogP contribution < -0.4 is 10.6 Å². The summed E-state index contributed by atoms with van der Waals surface area (Å²) in [6.45, 7) is 4.19. The minimum atomic E-state index is -0.710. The second kappa shape index (κ2) is 7.11. The van der Waals surface area contributed by atoms with E-state index < -0.39 is 5.97 Å². The molecule has 0 spiro atoms. The number of urea groups is 1. The second-order valence-electron chi connectivity index (χ2n) is 6.64. The molecule has 6 nitrogen and oxygen atoms in total. The Morgan fingerprint density at radius 3 is 2.33 bits per heavy atom. The van der Waals surface area contributed by atoms with Crippen LogP contribution in [0.1, 0.15) is 39.0 Å². The Morgan fingerprint density at radius 2 is 1.76 bits per heavy atom. The van der Waals surface area contributed by atoms with E-state index in [4.69, 9.17) is 5.11 Å². The third-order valence-electron chi connectivity index (χ3n) is 4.84. The lowest BCUT2D eigenvalue weighted by molar-refractivity contribution is -0.142. The maximum absolute atomic E-state index is 12.1. The summed E-state index contributed by atoms with van der Waals surface area (Å²) in [6.07, 6.45) is 3.81. The van der Waals surface area contributed by atoms with Gasteiger partial charge >= 0.3 is 12.0 Å². The Bertz CT molecular complexity index is 380. The van der Waals surface area contributed by atoms with Crippen molar-refractivity contribution < 1.29 is 14.7 Å². The summed E-state index contributed by atoms with van der Waals surface area (Å²) >= 11 is 0. The molecule has 2 rings (SSSR count). The first-order valence-electron chi connectivity index (χ1n) is 7.94. The van der Waals surface area contributed by atoms with E-state index in [0.29, 0.717) is 18.8 Å². The van der Waals surface area contributed by atoms with Crippen LogP contribution in [0.2, 0.25) is 0 Å². The van der Waals surface area contributed by atoms with Gasteiger partial charge in [-0.3, -0.25) is 4.79 Å². The topological polar surface area (TPSA) is 81.7 Å². The van der Waals surface area contributed by atoms with Crippen LogP contribution in [0.5, 0.6) is 0 Å². The molecule has 2 atom stereocenters. The van der Waals surface area contributed by atoms with Crippen molar-refractivity contribution in [2.75, 3.05) is 20.1 Å². The van der Waals surface area contributed by atoms with Crippen LogP contribution in [0.3, 0.4) is 0 Å². The number of carbonyl (C=O) groups is 2. The second-order valence-corrected chi connectivity index (χ2v) is 6.64. The van der Waals surface area contributed by atoms with Gasteiger partial charge in [-0.25, -0.2) is 4.79 Å². The van der Waals surface area contributed by atoms with Gasteiger partial charge < -0.3 is 20.6 Å². The van der Waals surface area contributed by atoms with E-state index in [9.17, 15) is 9.59 Å². The van der Waals surface area contributed by atoms with Crippen LogP contribution in [-0.4, -0.2) is 54.2 Å². The van der Waals surface area contributed by atoms with Crippen molar-refractivity contribution in [2.45, 2.75) is 51.1 Å². The summed E-state index contributed by atoms with van der Waals surface area (Å²) < 4.78 is 0. The average Bonchev–Trinajstić information content (AvgIpc) is 2.42. The Labute approximate surface area is 126 Å². The lowest BCUT2D eigenvalue weighted by Crippen LogP contribution is -2.53. The minimum absolute atomic E-state index is 0.102. The van der Waals surface area contributed by atoms with Crippen molar-refractivity contribution in [3.05, 3.63) is 0 Å². The average molecular weight is 297 g/mol. The highest BCUT2D eigenvalue weighted by molar-refractivity contribution is 5.74. The molecule has 0 aromatic rings. The van der Waals surface area contributed by atoms with E-state index in [1.165, 1.54) is 0 Å². The quantitative estimate of drug-likeness (QED) is 0.733. The van der Waals surface area contributed by atoms with Crippen LogP contribution in [0.15, 0.2) is 0 Å². The molecule has 2 fully saturated rings. The van der Waals surface area contributed by atoms with Crippen molar-refractivity contribution in [1.29, 1.82) is 0 Å². The predicted octanol–water partition coefficient (Wildman–Crippen LogP) is 1.27. The summed E-state index contributed by atoms with van der Waals surface area (Å²) in [7, 11) is 2.10. The normalized spacial score (nSPS) is 34.2. The molecule has 1 heterocycles. The van der Waals surface area contributed by atoms with Gasteiger partial charge in [0.25, 0.3) is 0 Å². The van der Waals surface area contributed by atoms with Gasteiger partial charge in [0.1, 0.15) is 0 Å². The zero-order valence-corrected chi connectivity index (χ0v) is 13.0. The highest BCUT2D eigenvalue weighted by Crippen LogP contribution is 2.24. The Kier molecular flexibility index (Phi) is 5.45. The Balaban J connectivity index is 1.71. The fourth-order valence-corrected chi connectivity index (χ4v) is 3.45. The zero-order valence-electron chi connectivity index (χ0n) is 13.0. The molecule has 0 aromatic carbocycles. The minimum Gasteiger partial charge on any atom is -0.481 e. The van der Waals surface area contributed by atoms with Gasteiger partial charge in [-0.05, 0) is 51.6 Å². The summed E-state index contributed by atoms with van der Waals surface area (Å²) in [5, 5.41) is 15.0. The van der Waals surface area contributed by atoms with E-state index in [1.807, 2.05) is 0 Å². The van der Waals surface area contributed by atoms with Gasteiger partial charge in [0.05, 0.1) is 5.92 Å². The Hall–Kier alpha value is -1.30. The monoisotopic (exact) mass is 297 g/mol. The molecule has 6 heteroatoms. The SMILES string of the molecule is CC1CN(C)CCC1NC(=O)NC1CCC(C(=O)O)CC1. The lowest BCUT2D eigenvalue weighted by Gasteiger charge is -2.35. The standard InChI is InChI=1S/C15H27N3O3/c1-10-9-18(2)8-7-13(10)17-15(21)16-12-5-3-11(4-6-12)14(19)20/h10-13H,3-9H2,1-2H3,(H,19,20)(H2,16,17,21). The molecule has 120 valence electrons. The number of carbonyl (C=O) groups excluding carboxylic acids is 1. The molecule has 2 aliphatic rings. The van der Waals surface area contributed by atoms with E-state index in [-0.39, 0.29) is 24.0 Å². The summed E-state index contributed by atoms with van der Waals surface area (Å²) in [4.78, 5) is 25.3. The molecule has 0 aromatic heterocycles. The van der Waals surface area contributed by atoms with Crippen molar-refractivity contribution >= 4 is 12.0 Å². The molecule has 1 saturated heterocycles. The van der Waals surface area contributed by atoms with Gasteiger partial charge in [-0.2, -0.15) is 0 Å². The Morgan fingerprint density at radius 1 is 1.10 bits per heavy atom. The van der Waals surface area contributed by atoms with Crippen molar-refractivity contribution in [2.24, 2.45) is 11.8 Å². The molecule has 2 amide bonds. The number of hydrogen-bond acceptors (Lipinski definition) is 3. The van der Waals surface area contributed by atoms with Crippen LogP contribution in [0, 0.1) is 11.8 Å². The number of nitrogens with zero attached hydrogens (tertiary/aromatic N) is 1. The molecule has 0 radical (unpaired) electrons. The van der Waals surface area contributed by atoms with Crippen LogP contribution in [-0.2, 0) is 4.79 Å². The largest absolute Gasteiger partial charge is 0.481 e. The van der Waals surface area contributed by atoms with Crippen LogP contribution in [0.4, 0.5) is 4.79 Å². The summed E-state index contributed by atoms with van der Waals surface area (Å²) in [6, 6.07) is 0.244. The third kappa shape index (κ3) is 4.59. The number of likely N-dealkylation sites (tertiary alicyclic amines) is 1. The molecule has 21 heavy (non-hydrogen) atoms. The van der Waals surface area contributed by atoms with E-state index >= 15 is 0 Å². The van der Waals surface area contributed by atoms with E-state index in [1.54, 1.807) is 0 Å². The predicted molar refractivity (Wildman–Crippen MR) is 80.1 cm³/mol. The molecule has 0 bridgehead atoms. The third-order valence-corrected chi connectivity index (χ3v) is 4.84. The highest BCUT2D eigenvalue weighted by atomic mass is 16.4. The first kappa shape index (κ1) is 16.1. The molecule has 2 unspecified atom stereocenters. The van der Waals surface area contributed by atoms with E-state index in [2.05, 4.69) is 29.5 Å². The summed E-state index contributed by atoms with van der Waals surface area (Å²) in [5.41, 5.74) is 0. The molecule has 1 aliphatic carbocycles. The molecule has 1 saturated carbocycles. The first-order chi connectivity index (χ1) is 9.95. The van der Waals surface area contributed by atoms with E-state index in [0.717, 1.165) is 32.4 Å². The number of nitrogens with one attached hydrogen (secondary N) is 2. The maximum Gasteiger partial charge on any atom is 0.315 e. The molecule has 3 N–H and O–H groups in total. The van der Waals surface area contributed by atoms with Crippen molar-refractivity contribution in [3.63, 3.8) is 0 Å². The molecular weight excluding hydrogens is 270 g/mol.